The summed E-state index contributed by atoms with van der Waals surface area (Å²) >= 11 is 0. The highest BCUT2D eigenvalue weighted by Gasteiger charge is 2.47. The maximum Gasteiger partial charge on any atom is 0.302 e. The van der Waals surface area contributed by atoms with Crippen LogP contribution in [0, 0.1) is 5.92 Å². The van der Waals surface area contributed by atoms with Gasteiger partial charge in [-0.25, -0.2) is 0 Å². The van der Waals surface area contributed by atoms with Crippen molar-refractivity contribution < 1.29 is 38.1 Å². The van der Waals surface area contributed by atoms with Gasteiger partial charge in [-0.3, -0.25) is 14.4 Å². The van der Waals surface area contributed by atoms with Gasteiger partial charge in [0.1, 0.15) is 37.7 Å². The van der Waals surface area contributed by atoms with Gasteiger partial charge in [0.25, 0.3) is 0 Å². The maximum atomic E-state index is 11.5. The van der Waals surface area contributed by atoms with Gasteiger partial charge in [-0.15, -0.1) is 0 Å². The van der Waals surface area contributed by atoms with Crippen LogP contribution in [-0.4, -0.2) is 61.9 Å². The molecule has 1 fully saturated rings. The summed E-state index contributed by atoms with van der Waals surface area (Å²) in [7, 11) is 0. The van der Waals surface area contributed by atoms with E-state index in [0.717, 1.165) is 0 Å². The van der Waals surface area contributed by atoms with Crippen LogP contribution in [0.1, 0.15) is 27.7 Å². The van der Waals surface area contributed by atoms with E-state index < -0.39 is 36.5 Å². The van der Waals surface area contributed by atoms with Crippen molar-refractivity contribution in [3.63, 3.8) is 0 Å². The molecule has 9 nitrogen and oxygen atoms in total. The van der Waals surface area contributed by atoms with Crippen molar-refractivity contribution in [1.82, 2.24) is 5.32 Å². The summed E-state index contributed by atoms with van der Waals surface area (Å²) in [5, 5.41) is 2.62. The lowest BCUT2D eigenvalue weighted by molar-refractivity contribution is -0.257. The standard InChI is InChI=1S/C15H23NO8/c1-8-12(7-22-10(3)19)24-15(21-6-5-17)13(16-9(2)18)14(8)23-11(4)20/h5,8,12-15H,6-7H2,1-4H3,(H,16,18)/t8-,12+,13+,14-,15+/m0/s1. The summed E-state index contributed by atoms with van der Waals surface area (Å²) in [6, 6.07) is -0.796. The highest BCUT2D eigenvalue weighted by atomic mass is 16.7. The number of ether oxygens (including phenoxy) is 4. The number of nitrogens with one attached hydrogen (secondary N) is 1. The summed E-state index contributed by atoms with van der Waals surface area (Å²) < 4.78 is 21.3. The highest BCUT2D eigenvalue weighted by molar-refractivity contribution is 5.73. The molecular weight excluding hydrogens is 322 g/mol. The third-order valence-corrected chi connectivity index (χ3v) is 3.51. The topological polar surface area (TPSA) is 117 Å². The zero-order chi connectivity index (χ0) is 18.3. The molecule has 24 heavy (non-hydrogen) atoms. The SMILES string of the molecule is CC(=O)N[C@H]1[C@H](OCC=O)O[C@H](COC(C)=O)[C@H](C)[C@@H]1OC(C)=O. The Bertz CT molecular complexity index is 480. The van der Waals surface area contributed by atoms with E-state index in [4.69, 9.17) is 18.9 Å². The fourth-order valence-corrected chi connectivity index (χ4v) is 2.50. The Morgan fingerprint density at radius 3 is 2.33 bits per heavy atom. The smallest absolute Gasteiger partial charge is 0.302 e. The van der Waals surface area contributed by atoms with Crippen LogP contribution in [-0.2, 0) is 38.1 Å². The molecule has 5 atom stereocenters. The summed E-state index contributed by atoms with van der Waals surface area (Å²) in [6.07, 6.45) is -1.88. The molecule has 1 aliphatic heterocycles. The van der Waals surface area contributed by atoms with Crippen molar-refractivity contribution in [2.45, 2.75) is 52.2 Å². The van der Waals surface area contributed by atoms with E-state index in [-0.39, 0.29) is 25.0 Å². The highest BCUT2D eigenvalue weighted by Crippen LogP contribution is 2.29. The summed E-state index contributed by atoms with van der Waals surface area (Å²) in [5.74, 6) is -1.78. The Balaban J connectivity index is 3.02. The monoisotopic (exact) mass is 345 g/mol. The van der Waals surface area contributed by atoms with Gasteiger partial charge in [0, 0.05) is 26.7 Å². The van der Waals surface area contributed by atoms with Crippen molar-refractivity contribution in [2.75, 3.05) is 13.2 Å². The molecule has 0 spiro atoms. The maximum absolute atomic E-state index is 11.5. The van der Waals surface area contributed by atoms with Gasteiger partial charge in [-0.1, -0.05) is 6.92 Å². The van der Waals surface area contributed by atoms with Crippen LogP contribution in [0.4, 0.5) is 0 Å². The first-order chi connectivity index (χ1) is 11.3. The van der Waals surface area contributed by atoms with Gasteiger partial charge in [0.05, 0.1) is 0 Å². The van der Waals surface area contributed by atoms with Crippen LogP contribution in [0.3, 0.4) is 0 Å². The second kappa shape index (κ2) is 9.33. The van der Waals surface area contributed by atoms with E-state index in [0.29, 0.717) is 6.29 Å². The zero-order valence-electron chi connectivity index (χ0n) is 14.1. The molecular formula is C15H23NO8. The molecule has 9 heteroatoms. The van der Waals surface area contributed by atoms with Crippen LogP contribution in [0.15, 0.2) is 0 Å². The van der Waals surface area contributed by atoms with Crippen LogP contribution in [0.2, 0.25) is 0 Å². The number of hydrogen-bond donors (Lipinski definition) is 1. The van der Waals surface area contributed by atoms with Crippen LogP contribution < -0.4 is 5.32 Å². The molecule has 0 bridgehead atoms. The van der Waals surface area contributed by atoms with Crippen molar-refractivity contribution in [2.24, 2.45) is 5.92 Å². The van der Waals surface area contributed by atoms with E-state index in [1.165, 1.54) is 20.8 Å². The number of rotatable bonds is 7. The van der Waals surface area contributed by atoms with Gasteiger partial charge in [0.2, 0.25) is 5.91 Å². The van der Waals surface area contributed by atoms with E-state index in [1.54, 1.807) is 6.92 Å². The molecule has 1 heterocycles. The third-order valence-electron chi connectivity index (χ3n) is 3.51. The van der Waals surface area contributed by atoms with Crippen LogP contribution >= 0.6 is 0 Å². The Morgan fingerprint density at radius 1 is 1.17 bits per heavy atom. The van der Waals surface area contributed by atoms with Gasteiger partial charge < -0.3 is 29.1 Å². The number of amides is 1. The van der Waals surface area contributed by atoms with Gasteiger partial charge in [0.15, 0.2) is 6.29 Å². The van der Waals surface area contributed by atoms with E-state index >= 15 is 0 Å². The number of carbonyl (C=O) groups excluding carboxylic acids is 4. The fourth-order valence-electron chi connectivity index (χ4n) is 2.50. The van der Waals surface area contributed by atoms with Crippen molar-refractivity contribution in [1.29, 1.82) is 0 Å². The van der Waals surface area contributed by atoms with Crippen LogP contribution in [0.25, 0.3) is 0 Å². The molecule has 1 aliphatic rings. The molecule has 1 saturated heterocycles. The fraction of sp³-hybridized carbons (Fsp3) is 0.733. The number of aldehydes is 1. The van der Waals surface area contributed by atoms with Crippen molar-refractivity contribution >= 4 is 24.1 Å². The normalized spacial score (nSPS) is 29.4. The number of carbonyl (C=O) groups is 4. The Hall–Kier alpha value is -2.00. The first kappa shape index (κ1) is 20.0. The molecule has 0 aromatic carbocycles. The molecule has 0 unspecified atom stereocenters. The summed E-state index contributed by atoms with van der Waals surface area (Å²) in [5.41, 5.74) is 0. The molecule has 0 saturated carbocycles. The minimum Gasteiger partial charge on any atom is -0.463 e. The van der Waals surface area contributed by atoms with Gasteiger partial charge in [-0.05, 0) is 0 Å². The molecule has 136 valence electrons. The summed E-state index contributed by atoms with van der Waals surface area (Å²) in [6.45, 7) is 5.22. The molecule has 0 radical (unpaired) electrons. The lowest BCUT2D eigenvalue weighted by atomic mass is 9.89. The number of esters is 2. The minimum atomic E-state index is -1.03. The Labute approximate surface area is 139 Å². The largest absolute Gasteiger partial charge is 0.463 e. The predicted octanol–water partition coefficient (Wildman–Crippen LogP) is -0.438. The number of hydrogen-bond acceptors (Lipinski definition) is 8. The van der Waals surface area contributed by atoms with E-state index in [1.807, 2.05) is 0 Å². The quantitative estimate of drug-likeness (QED) is 0.487. The summed E-state index contributed by atoms with van der Waals surface area (Å²) in [4.78, 5) is 44.5. The van der Waals surface area contributed by atoms with E-state index in [2.05, 4.69) is 5.32 Å². The lowest BCUT2D eigenvalue weighted by Crippen LogP contribution is -2.63. The molecule has 1 N–H and O–H groups in total. The second-order valence-electron chi connectivity index (χ2n) is 5.50. The van der Waals surface area contributed by atoms with E-state index in [9.17, 15) is 19.2 Å². The van der Waals surface area contributed by atoms with Gasteiger partial charge >= 0.3 is 11.9 Å². The first-order valence-corrected chi connectivity index (χ1v) is 7.54. The third kappa shape index (κ3) is 5.89. The lowest BCUT2D eigenvalue weighted by Gasteiger charge is -2.44. The van der Waals surface area contributed by atoms with Crippen molar-refractivity contribution in [3.8, 4) is 0 Å². The average molecular weight is 345 g/mol. The second-order valence-corrected chi connectivity index (χ2v) is 5.50. The predicted molar refractivity (Wildman–Crippen MR) is 79.6 cm³/mol. The Morgan fingerprint density at radius 2 is 1.83 bits per heavy atom. The minimum absolute atomic E-state index is 0.0675. The molecule has 0 aromatic rings. The molecule has 1 amide bonds. The molecule has 0 aromatic heterocycles. The zero-order valence-corrected chi connectivity index (χ0v) is 14.1. The molecule has 1 rings (SSSR count). The average Bonchev–Trinajstić information content (AvgIpc) is 2.48. The molecule has 0 aliphatic carbocycles. The Kier molecular flexibility index (Phi) is 7.80. The van der Waals surface area contributed by atoms with Gasteiger partial charge in [-0.2, -0.15) is 0 Å². The first-order valence-electron chi connectivity index (χ1n) is 7.54. The van der Waals surface area contributed by atoms with Crippen molar-refractivity contribution in [3.05, 3.63) is 0 Å². The van der Waals surface area contributed by atoms with Crippen LogP contribution in [0.5, 0.6) is 0 Å².